The van der Waals surface area contributed by atoms with Crippen molar-refractivity contribution in [3.8, 4) is 0 Å². The van der Waals surface area contributed by atoms with Crippen molar-refractivity contribution in [2.45, 2.75) is 6.42 Å². The van der Waals surface area contributed by atoms with E-state index in [0.717, 1.165) is 12.0 Å². The van der Waals surface area contributed by atoms with Gasteiger partial charge in [0.1, 0.15) is 4.49 Å². The molecule has 17 heavy (non-hydrogen) atoms. The zero-order valence-corrected chi connectivity index (χ0v) is 10.7. The van der Waals surface area contributed by atoms with Gasteiger partial charge < -0.3 is 0 Å². The van der Waals surface area contributed by atoms with Crippen molar-refractivity contribution >= 4 is 29.3 Å². The number of fused-ring (bicyclic) bond motifs is 2. The Morgan fingerprint density at radius 1 is 1.06 bits per heavy atom. The van der Waals surface area contributed by atoms with E-state index in [0.29, 0.717) is 16.3 Å². The van der Waals surface area contributed by atoms with Crippen molar-refractivity contribution < 1.29 is 0 Å². The van der Waals surface area contributed by atoms with Gasteiger partial charge in [-0.3, -0.25) is 0 Å². The number of rotatable bonds is 1. The molecular weight excluding hydrogens is 251 g/mol. The molecule has 2 bridgehead atoms. The summed E-state index contributed by atoms with van der Waals surface area (Å²) in [6, 6.07) is 10.3. The van der Waals surface area contributed by atoms with E-state index in [-0.39, 0.29) is 0 Å². The van der Waals surface area contributed by atoms with Crippen LogP contribution in [0.25, 0.3) is 6.08 Å². The largest absolute Gasteiger partial charge is 0.110 e. The fraction of sp³-hybridized carbons (Fsp3) is 0.200. The molecule has 0 spiro atoms. The molecule has 0 amide bonds. The smallest absolute Gasteiger partial charge is 0.0803 e. The molecular formula is C15H12Cl2. The molecule has 86 valence electrons. The van der Waals surface area contributed by atoms with Gasteiger partial charge in [0.05, 0.1) is 0 Å². The van der Waals surface area contributed by atoms with Crippen LogP contribution in [0, 0.1) is 11.8 Å². The van der Waals surface area contributed by atoms with Crippen LogP contribution in [0.2, 0.25) is 0 Å². The Hall–Kier alpha value is -0.980. The normalized spacial score (nSPS) is 28.1. The van der Waals surface area contributed by atoms with E-state index >= 15 is 0 Å². The third-order valence-electron chi connectivity index (χ3n) is 3.49. The van der Waals surface area contributed by atoms with E-state index in [4.69, 9.17) is 23.2 Å². The second-order valence-electron chi connectivity index (χ2n) is 4.52. The zero-order chi connectivity index (χ0) is 11.8. The molecule has 0 radical (unpaired) electrons. The molecule has 0 nitrogen and oxygen atoms in total. The van der Waals surface area contributed by atoms with Gasteiger partial charge in [-0.15, -0.1) is 0 Å². The molecule has 0 heterocycles. The van der Waals surface area contributed by atoms with E-state index < -0.39 is 0 Å². The van der Waals surface area contributed by atoms with Gasteiger partial charge in [0.2, 0.25) is 0 Å². The zero-order valence-electron chi connectivity index (χ0n) is 9.24. The molecule has 2 heteroatoms. The van der Waals surface area contributed by atoms with Gasteiger partial charge in [-0.2, -0.15) is 0 Å². The molecule has 0 aliphatic heterocycles. The maximum absolute atomic E-state index is 6.01. The maximum Gasteiger partial charge on any atom is 0.110 e. The Morgan fingerprint density at radius 2 is 1.76 bits per heavy atom. The predicted octanol–water partition coefficient (Wildman–Crippen LogP) is 4.97. The standard InChI is InChI=1S/C15H12Cl2/c16-15(17)14-12-7-6-11(9-12)13(14)8-10-4-2-1-3-5-10/h1-8,11-12H,9H2/b13-8-/t11-,12+/m0/s1. The van der Waals surface area contributed by atoms with Gasteiger partial charge >= 0.3 is 0 Å². The quantitative estimate of drug-likeness (QED) is 0.628. The molecule has 0 N–H and O–H groups in total. The molecule has 1 aromatic carbocycles. The Kier molecular flexibility index (Phi) is 2.85. The van der Waals surface area contributed by atoms with E-state index in [1.54, 1.807) is 0 Å². The molecule has 1 fully saturated rings. The van der Waals surface area contributed by atoms with Crippen LogP contribution >= 0.6 is 23.2 Å². The highest BCUT2D eigenvalue weighted by molar-refractivity contribution is 6.56. The van der Waals surface area contributed by atoms with Crippen molar-refractivity contribution in [3.05, 3.63) is 63.7 Å². The van der Waals surface area contributed by atoms with Crippen LogP contribution in [0.5, 0.6) is 0 Å². The summed E-state index contributed by atoms with van der Waals surface area (Å²) >= 11 is 12.0. The van der Waals surface area contributed by atoms with Crippen LogP contribution in [-0.4, -0.2) is 0 Å². The lowest BCUT2D eigenvalue weighted by molar-refractivity contribution is 0.737. The number of hydrogen-bond acceptors (Lipinski definition) is 0. The summed E-state index contributed by atoms with van der Waals surface area (Å²) in [5.41, 5.74) is 3.60. The highest BCUT2D eigenvalue weighted by Crippen LogP contribution is 2.50. The third-order valence-corrected chi connectivity index (χ3v) is 3.90. The lowest BCUT2D eigenvalue weighted by atomic mass is 9.94. The van der Waals surface area contributed by atoms with Crippen LogP contribution < -0.4 is 0 Å². The molecule has 2 aliphatic carbocycles. The van der Waals surface area contributed by atoms with Crippen molar-refractivity contribution in [1.82, 2.24) is 0 Å². The second kappa shape index (κ2) is 4.36. The van der Waals surface area contributed by atoms with Crippen molar-refractivity contribution in [2.75, 3.05) is 0 Å². The molecule has 3 rings (SSSR count). The van der Waals surface area contributed by atoms with Crippen LogP contribution in [0.15, 0.2) is 58.1 Å². The molecule has 2 aliphatic rings. The van der Waals surface area contributed by atoms with Gasteiger partial charge in [-0.05, 0) is 23.1 Å². The summed E-state index contributed by atoms with van der Waals surface area (Å²) in [5, 5.41) is 0. The topological polar surface area (TPSA) is 0 Å². The molecule has 0 unspecified atom stereocenters. The molecule has 1 saturated carbocycles. The number of hydrogen-bond donors (Lipinski definition) is 0. The van der Waals surface area contributed by atoms with E-state index in [2.05, 4.69) is 30.4 Å². The summed E-state index contributed by atoms with van der Waals surface area (Å²) in [6.45, 7) is 0. The van der Waals surface area contributed by atoms with Crippen LogP contribution in [0.4, 0.5) is 0 Å². The first-order valence-corrected chi connectivity index (χ1v) is 6.52. The average molecular weight is 263 g/mol. The van der Waals surface area contributed by atoms with Gasteiger partial charge in [0.25, 0.3) is 0 Å². The number of allylic oxidation sites excluding steroid dienone is 4. The van der Waals surface area contributed by atoms with Crippen LogP contribution in [0.3, 0.4) is 0 Å². The van der Waals surface area contributed by atoms with Crippen molar-refractivity contribution in [2.24, 2.45) is 11.8 Å². The lowest BCUT2D eigenvalue weighted by Gasteiger charge is -2.13. The van der Waals surface area contributed by atoms with E-state index in [1.165, 1.54) is 11.1 Å². The fourth-order valence-electron chi connectivity index (χ4n) is 2.72. The second-order valence-corrected chi connectivity index (χ2v) is 5.47. The number of benzene rings is 1. The van der Waals surface area contributed by atoms with Gasteiger partial charge in [0, 0.05) is 11.8 Å². The highest BCUT2D eigenvalue weighted by atomic mass is 35.5. The Labute approximate surface area is 111 Å². The van der Waals surface area contributed by atoms with Crippen molar-refractivity contribution in [3.63, 3.8) is 0 Å². The molecule has 1 aromatic rings. The van der Waals surface area contributed by atoms with Crippen LogP contribution in [-0.2, 0) is 0 Å². The average Bonchev–Trinajstić information content (AvgIpc) is 2.90. The summed E-state index contributed by atoms with van der Waals surface area (Å²) in [5.74, 6) is 0.905. The summed E-state index contributed by atoms with van der Waals surface area (Å²) < 4.78 is 0.420. The van der Waals surface area contributed by atoms with Crippen LogP contribution in [0.1, 0.15) is 12.0 Å². The maximum atomic E-state index is 6.01. The first kappa shape index (κ1) is 11.1. The predicted molar refractivity (Wildman–Crippen MR) is 73.9 cm³/mol. The fourth-order valence-corrected chi connectivity index (χ4v) is 3.22. The molecule has 2 atom stereocenters. The monoisotopic (exact) mass is 262 g/mol. The van der Waals surface area contributed by atoms with Gasteiger partial charge in [-0.25, -0.2) is 0 Å². The Morgan fingerprint density at radius 3 is 2.47 bits per heavy atom. The minimum Gasteiger partial charge on any atom is -0.0803 e. The van der Waals surface area contributed by atoms with Gasteiger partial charge in [0.15, 0.2) is 0 Å². The summed E-state index contributed by atoms with van der Waals surface area (Å²) in [7, 11) is 0. The van der Waals surface area contributed by atoms with E-state index in [9.17, 15) is 0 Å². The SMILES string of the molecule is ClC(Cl)=C1/C(=C\c2ccccc2)[C@H]2C=C[C@@H]1C2. The molecule has 0 aromatic heterocycles. The highest BCUT2D eigenvalue weighted by Gasteiger charge is 2.36. The Bertz CT molecular complexity index is 519. The first-order chi connectivity index (χ1) is 8.25. The van der Waals surface area contributed by atoms with Gasteiger partial charge in [-0.1, -0.05) is 71.8 Å². The molecule has 0 saturated heterocycles. The first-order valence-electron chi connectivity index (χ1n) is 5.76. The lowest BCUT2D eigenvalue weighted by Crippen LogP contribution is -1.98. The third kappa shape index (κ3) is 1.96. The minimum absolute atomic E-state index is 0.417. The number of halogens is 2. The minimum atomic E-state index is 0.417. The summed E-state index contributed by atoms with van der Waals surface area (Å²) in [6.07, 6.45) is 7.80. The Balaban J connectivity index is 2.06. The summed E-state index contributed by atoms with van der Waals surface area (Å²) in [4.78, 5) is 0. The van der Waals surface area contributed by atoms with Crippen molar-refractivity contribution in [1.29, 1.82) is 0 Å². The van der Waals surface area contributed by atoms with E-state index in [1.807, 2.05) is 18.2 Å².